The molecule has 1 aliphatic heterocycles. The Bertz CT molecular complexity index is 1060. The van der Waals surface area contributed by atoms with Crippen molar-refractivity contribution in [1.82, 2.24) is 14.9 Å². The number of aromatic carboxylic acids is 1. The molecule has 3 aromatic rings. The number of pyridine rings is 1. The molecule has 29 heavy (non-hydrogen) atoms. The molecule has 0 radical (unpaired) electrons. The van der Waals surface area contributed by atoms with Crippen LogP contribution in [-0.2, 0) is 6.54 Å². The van der Waals surface area contributed by atoms with E-state index in [4.69, 9.17) is 15.4 Å². The van der Waals surface area contributed by atoms with E-state index in [1.807, 2.05) is 30.3 Å². The van der Waals surface area contributed by atoms with Gasteiger partial charge in [-0.3, -0.25) is 4.90 Å². The molecule has 8 heteroatoms. The topological polar surface area (TPSA) is 102 Å². The fourth-order valence-electron chi connectivity index (χ4n) is 3.54. The number of rotatable bonds is 6. The molecule has 2 N–H and O–H groups in total. The Morgan fingerprint density at radius 1 is 1.31 bits per heavy atom. The van der Waals surface area contributed by atoms with Crippen LogP contribution >= 0.6 is 11.3 Å². The van der Waals surface area contributed by atoms with Gasteiger partial charge in [0.05, 0.1) is 23.5 Å². The first-order chi connectivity index (χ1) is 14.1. The highest BCUT2D eigenvalue weighted by Gasteiger charge is 2.27. The molecule has 1 fully saturated rings. The molecule has 1 aliphatic rings. The van der Waals surface area contributed by atoms with Crippen molar-refractivity contribution in [1.29, 1.82) is 5.26 Å². The number of carboxylic acids is 1. The highest BCUT2D eigenvalue weighted by molar-refractivity contribution is 7.16. The lowest BCUT2D eigenvalue weighted by molar-refractivity contribution is 0.0697. The van der Waals surface area contributed by atoms with Crippen LogP contribution in [0.5, 0.6) is 0 Å². The van der Waals surface area contributed by atoms with Gasteiger partial charge in [0.1, 0.15) is 16.8 Å². The first-order valence-electron chi connectivity index (χ1n) is 9.28. The fourth-order valence-corrected chi connectivity index (χ4v) is 4.16. The first-order valence-corrected chi connectivity index (χ1v) is 10.1. The monoisotopic (exact) mass is 405 g/mol. The van der Waals surface area contributed by atoms with E-state index in [9.17, 15) is 4.79 Å². The summed E-state index contributed by atoms with van der Waals surface area (Å²) >= 11 is 1.30. The second-order valence-electron chi connectivity index (χ2n) is 6.84. The predicted molar refractivity (Wildman–Crippen MR) is 110 cm³/mol. The smallest absolute Gasteiger partial charge is 0.335 e. The number of hydrogen-bond acceptors (Lipinski definition) is 7. The Balaban J connectivity index is 1.48. The van der Waals surface area contributed by atoms with Crippen LogP contribution < -0.4 is 5.32 Å². The van der Waals surface area contributed by atoms with Crippen LogP contribution in [0, 0.1) is 11.3 Å². The average Bonchev–Trinajstić information content (AvgIpc) is 3.38. The lowest BCUT2D eigenvalue weighted by Crippen LogP contribution is -2.23. The Kier molecular flexibility index (Phi) is 5.51. The van der Waals surface area contributed by atoms with E-state index in [0.717, 1.165) is 37.2 Å². The summed E-state index contributed by atoms with van der Waals surface area (Å²) in [4.78, 5) is 22.9. The number of nitriles is 1. The number of carboxylic acid groups (broad SMARTS) is 1. The maximum atomic E-state index is 11.0. The Hall–Kier alpha value is -3.28. The van der Waals surface area contributed by atoms with Gasteiger partial charge in [-0.25, -0.2) is 14.8 Å². The molecule has 4 rings (SSSR count). The van der Waals surface area contributed by atoms with Crippen molar-refractivity contribution >= 4 is 28.3 Å². The number of hydrogen-bond donors (Lipinski definition) is 2. The van der Waals surface area contributed by atoms with Gasteiger partial charge in [-0.05, 0) is 49.2 Å². The Morgan fingerprint density at radius 2 is 2.14 bits per heavy atom. The van der Waals surface area contributed by atoms with Crippen molar-refractivity contribution in [2.75, 3.05) is 11.9 Å². The highest BCUT2D eigenvalue weighted by Crippen LogP contribution is 2.33. The van der Waals surface area contributed by atoms with E-state index in [0.29, 0.717) is 21.4 Å². The molecule has 1 atom stereocenters. The minimum Gasteiger partial charge on any atom is -0.478 e. The molecular formula is C21H19N5O2S. The molecule has 146 valence electrons. The molecule has 7 nitrogen and oxygen atoms in total. The number of anilines is 2. The zero-order valence-electron chi connectivity index (χ0n) is 15.6. The molecule has 0 amide bonds. The number of nitrogens with one attached hydrogen (secondary N) is 1. The zero-order chi connectivity index (χ0) is 20.2. The number of aromatic nitrogens is 2. The molecule has 1 unspecified atom stereocenters. The predicted octanol–water partition coefficient (Wildman–Crippen LogP) is 4.19. The summed E-state index contributed by atoms with van der Waals surface area (Å²) in [6.07, 6.45) is 3.67. The maximum Gasteiger partial charge on any atom is 0.335 e. The number of likely N-dealkylation sites (tertiary alicyclic amines) is 1. The van der Waals surface area contributed by atoms with Crippen LogP contribution in [-0.4, -0.2) is 32.5 Å². The van der Waals surface area contributed by atoms with Crippen LogP contribution in [0.2, 0.25) is 0 Å². The van der Waals surface area contributed by atoms with Gasteiger partial charge < -0.3 is 10.4 Å². The largest absolute Gasteiger partial charge is 0.478 e. The van der Waals surface area contributed by atoms with Crippen LogP contribution in [0.4, 0.5) is 10.9 Å². The second-order valence-corrected chi connectivity index (χ2v) is 7.88. The summed E-state index contributed by atoms with van der Waals surface area (Å²) in [5, 5.41) is 21.8. The molecule has 1 saturated heterocycles. The van der Waals surface area contributed by atoms with Gasteiger partial charge in [-0.15, -0.1) is 0 Å². The molecule has 3 heterocycles. The zero-order valence-corrected chi connectivity index (χ0v) is 16.4. The lowest BCUT2D eigenvalue weighted by atomic mass is 10.1. The normalized spacial score (nSPS) is 16.4. The molecule has 2 aromatic heterocycles. The molecule has 1 aromatic carbocycles. The summed E-state index contributed by atoms with van der Waals surface area (Å²) in [6, 6.07) is 15.2. The van der Waals surface area contributed by atoms with Crippen molar-refractivity contribution in [3.8, 4) is 6.07 Å². The number of carbonyl (C=O) groups is 1. The molecule has 0 spiro atoms. The third-order valence-electron chi connectivity index (χ3n) is 4.91. The summed E-state index contributed by atoms with van der Waals surface area (Å²) in [5.41, 5.74) is 2.38. The molecule has 0 aliphatic carbocycles. The van der Waals surface area contributed by atoms with Crippen molar-refractivity contribution in [2.45, 2.75) is 25.4 Å². The van der Waals surface area contributed by atoms with Crippen LogP contribution in [0.3, 0.4) is 0 Å². The second kappa shape index (κ2) is 8.39. The summed E-state index contributed by atoms with van der Waals surface area (Å²) in [5.74, 6) is -0.203. The van der Waals surface area contributed by atoms with Crippen LogP contribution in [0.25, 0.3) is 0 Å². The standard InChI is InChI=1S/C21H19N5O2S/c22-11-16-12-23-21(29-16)25-19-5-1-3-17(24-19)18-4-2-10-26(18)13-14-6-8-15(9-7-14)20(27)28/h1,3,5-9,12,18H,2,4,10,13H2,(H,27,28)(H,23,24,25). The van der Waals surface area contributed by atoms with Gasteiger partial charge in [-0.1, -0.05) is 29.5 Å². The Morgan fingerprint density at radius 3 is 2.86 bits per heavy atom. The van der Waals surface area contributed by atoms with Crippen molar-refractivity contribution in [3.63, 3.8) is 0 Å². The Labute approximate surface area is 172 Å². The summed E-state index contributed by atoms with van der Waals surface area (Å²) < 4.78 is 0. The SMILES string of the molecule is N#Cc1cnc(Nc2cccc(C3CCCN3Cc3ccc(C(=O)O)cc3)n2)s1. The number of benzene rings is 1. The third-order valence-corrected chi connectivity index (χ3v) is 5.73. The van der Waals surface area contributed by atoms with E-state index < -0.39 is 5.97 Å². The van der Waals surface area contributed by atoms with Gasteiger partial charge in [-0.2, -0.15) is 5.26 Å². The quantitative estimate of drug-likeness (QED) is 0.634. The van der Waals surface area contributed by atoms with Crippen LogP contribution in [0.15, 0.2) is 48.7 Å². The van der Waals surface area contributed by atoms with Crippen molar-refractivity contribution in [3.05, 3.63) is 70.4 Å². The highest BCUT2D eigenvalue weighted by atomic mass is 32.1. The van der Waals surface area contributed by atoms with Gasteiger partial charge in [0.15, 0.2) is 5.13 Å². The van der Waals surface area contributed by atoms with Gasteiger partial charge in [0.2, 0.25) is 0 Å². The van der Waals surface area contributed by atoms with E-state index in [2.05, 4.69) is 21.3 Å². The minimum atomic E-state index is -0.911. The average molecular weight is 405 g/mol. The first kappa shape index (κ1) is 19.1. The minimum absolute atomic E-state index is 0.210. The van der Waals surface area contributed by atoms with E-state index in [1.165, 1.54) is 11.3 Å². The summed E-state index contributed by atoms with van der Waals surface area (Å²) in [6.45, 7) is 1.73. The summed E-state index contributed by atoms with van der Waals surface area (Å²) in [7, 11) is 0. The van der Waals surface area contributed by atoms with Gasteiger partial charge >= 0.3 is 5.97 Å². The van der Waals surface area contributed by atoms with Crippen molar-refractivity contribution in [2.24, 2.45) is 0 Å². The van der Waals surface area contributed by atoms with E-state index in [1.54, 1.807) is 18.3 Å². The maximum absolute atomic E-state index is 11.0. The molecular weight excluding hydrogens is 386 g/mol. The van der Waals surface area contributed by atoms with Gasteiger partial charge in [0, 0.05) is 6.54 Å². The molecule has 0 saturated carbocycles. The van der Waals surface area contributed by atoms with Gasteiger partial charge in [0.25, 0.3) is 0 Å². The van der Waals surface area contributed by atoms with E-state index in [-0.39, 0.29) is 6.04 Å². The number of nitrogens with zero attached hydrogens (tertiary/aromatic N) is 4. The lowest BCUT2D eigenvalue weighted by Gasteiger charge is -2.24. The van der Waals surface area contributed by atoms with E-state index >= 15 is 0 Å². The fraction of sp³-hybridized carbons (Fsp3) is 0.238. The van der Waals surface area contributed by atoms with Crippen molar-refractivity contribution < 1.29 is 9.90 Å². The third kappa shape index (κ3) is 4.42. The molecule has 0 bridgehead atoms. The van der Waals surface area contributed by atoms with Crippen LogP contribution in [0.1, 0.15) is 45.4 Å². The number of thiazole rings is 1.